The average molecular weight is 303 g/mol. The molecule has 0 fully saturated rings. The van der Waals surface area contributed by atoms with Crippen molar-refractivity contribution in [3.05, 3.63) is 52.7 Å². The largest absolute Gasteiger partial charge is 0.438 e. The Hall–Kier alpha value is -1.79. The van der Waals surface area contributed by atoms with Gasteiger partial charge >= 0.3 is 6.18 Å². The van der Waals surface area contributed by atoms with Crippen molar-refractivity contribution in [2.45, 2.75) is 12.7 Å². The van der Waals surface area contributed by atoms with Gasteiger partial charge in [0, 0.05) is 12.7 Å². The fourth-order valence-electron chi connectivity index (χ4n) is 1.50. The molecule has 0 aliphatic rings. The Labute approximate surface area is 118 Å². The Morgan fingerprint density at radius 3 is 2.60 bits per heavy atom. The summed E-state index contributed by atoms with van der Waals surface area (Å²) in [5, 5.41) is -0.210. The second kappa shape index (κ2) is 5.68. The number of nitrogens with two attached hydrogens (primary N) is 1. The van der Waals surface area contributed by atoms with Gasteiger partial charge in [0.1, 0.15) is 10.8 Å². The molecule has 0 spiro atoms. The summed E-state index contributed by atoms with van der Waals surface area (Å²) in [5.41, 5.74) is 5.39. The highest BCUT2D eigenvalue weighted by atomic mass is 35.5. The van der Waals surface area contributed by atoms with Gasteiger partial charge in [-0.1, -0.05) is 23.7 Å². The molecule has 2 rings (SSSR count). The van der Waals surface area contributed by atoms with Crippen LogP contribution in [0, 0.1) is 0 Å². The predicted molar refractivity (Wildman–Crippen MR) is 68.7 cm³/mol. The monoisotopic (exact) mass is 302 g/mol. The van der Waals surface area contributed by atoms with Crippen LogP contribution in [0.4, 0.5) is 13.2 Å². The van der Waals surface area contributed by atoms with Crippen molar-refractivity contribution < 1.29 is 17.9 Å². The molecule has 0 unspecified atom stereocenters. The minimum Gasteiger partial charge on any atom is -0.438 e. The molecule has 0 radical (unpaired) electrons. The molecule has 0 saturated carbocycles. The van der Waals surface area contributed by atoms with Crippen molar-refractivity contribution in [3.63, 3.8) is 0 Å². The van der Waals surface area contributed by atoms with Gasteiger partial charge in [-0.15, -0.1) is 0 Å². The number of pyridine rings is 1. The molecule has 20 heavy (non-hydrogen) atoms. The van der Waals surface area contributed by atoms with Crippen LogP contribution in [0.2, 0.25) is 5.02 Å². The van der Waals surface area contributed by atoms with E-state index in [4.69, 9.17) is 22.1 Å². The van der Waals surface area contributed by atoms with Crippen LogP contribution in [-0.2, 0) is 12.7 Å². The summed E-state index contributed by atoms with van der Waals surface area (Å²) in [6, 6.07) is 7.59. The maximum Gasteiger partial charge on any atom is 0.417 e. The fraction of sp³-hybridized carbons (Fsp3) is 0.154. The highest BCUT2D eigenvalue weighted by Crippen LogP contribution is 2.34. The Bertz CT molecular complexity index is 617. The van der Waals surface area contributed by atoms with Gasteiger partial charge in [-0.05, 0) is 23.8 Å². The van der Waals surface area contributed by atoms with Gasteiger partial charge in [0.05, 0.1) is 5.56 Å². The van der Waals surface area contributed by atoms with Crippen LogP contribution in [0.5, 0.6) is 11.6 Å². The van der Waals surface area contributed by atoms with E-state index in [1.807, 2.05) is 0 Å². The first-order valence-corrected chi connectivity index (χ1v) is 5.97. The molecule has 0 atom stereocenters. The number of halogens is 4. The maximum absolute atomic E-state index is 12.5. The minimum absolute atomic E-state index is 0.0890. The van der Waals surface area contributed by atoms with Crippen LogP contribution in [-0.4, -0.2) is 4.98 Å². The van der Waals surface area contributed by atoms with Crippen molar-refractivity contribution in [3.8, 4) is 11.6 Å². The van der Waals surface area contributed by atoms with Gasteiger partial charge in [0.2, 0.25) is 5.88 Å². The SMILES string of the molecule is NCc1cccc(Oc2ncc(C(F)(F)F)cc2Cl)c1. The van der Waals surface area contributed by atoms with E-state index >= 15 is 0 Å². The highest BCUT2D eigenvalue weighted by Gasteiger charge is 2.31. The zero-order chi connectivity index (χ0) is 14.8. The Balaban J connectivity index is 2.25. The first-order valence-electron chi connectivity index (χ1n) is 5.60. The second-order valence-corrected chi connectivity index (χ2v) is 4.37. The summed E-state index contributed by atoms with van der Waals surface area (Å²) >= 11 is 5.75. The number of ether oxygens (including phenoxy) is 1. The lowest BCUT2D eigenvalue weighted by atomic mass is 10.2. The molecule has 106 valence electrons. The van der Waals surface area contributed by atoms with Crippen molar-refractivity contribution in [2.24, 2.45) is 5.73 Å². The van der Waals surface area contributed by atoms with Gasteiger partial charge in [-0.2, -0.15) is 13.2 Å². The molecule has 1 aromatic heterocycles. The second-order valence-electron chi connectivity index (χ2n) is 3.96. The number of nitrogens with zero attached hydrogens (tertiary/aromatic N) is 1. The molecule has 0 aliphatic heterocycles. The Morgan fingerprint density at radius 1 is 1.25 bits per heavy atom. The minimum atomic E-state index is -4.49. The lowest BCUT2D eigenvalue weighted by Gasteiger charge is -2.10. The summed E-state index contributed by atoms with van der Waals surface area (Å²) in [7, 11) is 0. The Morgan fingerprint density at radius 2 is 2.00 bits per heavy atom. The van der Waals surface area contributed by atoms with E-state index < -0.39 is 11.7 Å². The van der Waals surface area contributed by atoms with Crippen molar-refractivity contribution in [1.29, 1.82) is 0 Å². The lowest BCUT2D eigenvalue weighted by molar-refractivity contribution is -0.137. The molecule has 2 N–H and O–H groups in total. The first-order chi connectivity index (χ1) is 9.40. The Kier molecular flexibility index (Phi) is 4.15. The van der Waals surface area contributed by atoms with Crippen molar-refractivity contribution >= 4 is 11.6 Å². The van der Waals surface area contributed by atoms with Crippen LogP contribution >= 0.6 is 11.6 Å². The summed E-state index contributed by atoms with van der Waals surface area (Å²) in [6.45, 7) is 0.325. The van der Waals surface area contributed by atoms with Gasteiger partial charge in [-0.25, -0.2) is 4.98 Å². The van der Waals surface area contributed by atoms with E-state index in [1.165, 1.54) is 0 Å². The summed E-state index contributed by atoms with van der Waals surface area (Å²) in [5.74, 6) is 0.316. The third-order valence-corrected chi connectivity index (χ3v) is 2.75. The molecule has 1 aromatic carbocycles. The number of alkyl halides is 3. The zero-order valence-corrected chi connectivity index (χ0v) is 10.9. The molecule has 0 amide bonds. The number of benzene rings is 1. The van der Waals surface area contributed by atoms with E-state index in [-0.39, 0.29) is 10.9 Å². The average Bonchev–Trinajstić information content (AvgIpc) is 2.40. The third-order valence-electron chi connectivity index (χ3n) is 2.48. The fourth-order valence-corrected chi connectivity index (χ4v) is 1.71. The summed E-state index contributed by atoms with van der Waals surface area (Å²) in [6.07, 6.45) is -3.82. The molecular weight excluding hydrogens is 293 g/mol. The maximum atomic E-state index is 12.5. The van der Waals surface area contributed by atoms with Gasteiger partial charge in [0.25, 0.3) is 0 Å². The van der Waals surface area contributed by atoms with Crippen molar-refractivity contribution in [1.82, 2.24) is 4.98 Å². The molecule has 0 saturated heterocycles. The molecular formula is C13H10ClF3N2O. The highest BCUT2D eigenvalue weighted by molar-refractivity contribution is 6.31. The molecule has 0 aliphatic carbocycles. The van der Waals surface area contributed by atoms with E-state index in [0.717, 1.165) is 11.6 Å². The van der Waals surface area contributed by atoms with Crippen LogP contribution in [0.1, 0.15) is 11.1 Å². The predicted octanol–water partition coefficient (Wildman–Crippen LogP) is 4.00. The third kappa shape index (κ3) is 3.40. The summed E-state index contributed by atoms with van der Waals surface area (Å²) in [4.78, 5) is 3.59. The number of aromatic nitrogens is 1. The van der Waals surface area contributed by atoms with Crippen LogP contribution in [0.3, 0.4) is 0 Å². The van der Waals surface area contributed by atoms with E-state index in [9.17, 15) is 13.2 Å². The molecule has 2 aromatic rings. The van der Waals surface area contributed by atoms with Gasteiger partial charge < -0.3 is 10.5 Å². The summed E-state index contributed by atoms with van der Waals surface area (Å²) < 4.78 is 42.8. The number of rotatable bonds is 3. The molecule has 3 nitrogen and oxygen atoms in total. The molecule has 0 bridgehead atoms. The molecule has 7 heteroatoms. The van der Waals surface area contributed by atoms with Crippen LogP contribution in [0.25, 0.3) is 0 Å². The number of hydrogen-bond donors (Lipinski definition) is 1. The normalized spacial score (nSPS) is 11.4. The smallest absolute Gasteiger partial charge is 0.417 e. The van der Waals surface area contributed by atoms with E-state index in [1.54, 1.807) is 24.3 Å². The lowest BCUT2D eigenvalue weighted by Crippen LogP contribution is -2.05. The van der Waals surface area contributed by atoms with Crippen LogP contribution in [0.15, 0.2) is 36.5 Å². The van der Waals surface area contributed by atoms with Crippen molar-refractivity contribution in [2.75, 3.05) is 0 Å². The van der Waals surface area contributed by atoms with E-state index in [2.05, 4.69) is 4.98 Å². The first kappa shape index (κ1) is 14.6. The standard InChI is InChI=1S/C13H10ClF3N2O/c14-11-5-9(13(15,16)17)7-19-12(11)20-10-3-1-2-8(4-10)6-18/h1-5,7H,6,18H2. The zero-order valence-electron chi connectivity index (χ0n) is 10.1. The number of hydrogen-bond acceptors (Lipinski definition) is 3. The quantitative estimate of drug-likeness (QED) is 0.932. The topological polar surface area (TPSA) is 48.1 Å². The van der Waals surface area contributed by atoms with Gasteiger partial charge in [-0.3, -0.25) is 0 Å². The van der Waals surface area contributed by atoms with Gasteiger partial charge in [0.15, 0.2) is 0 Å². The molecule has 1 heterocycles. The van der Waals surface area contributed by atoms with E-state index in [0.29, 0.717) is 18.5 Å². The van der Waals surface area contributed by atoms with Crippen LogP contribution < -0.4 is 10.5 Å².